The molecule has 9 heterocycles. The summed E-state index contributed by atoms with van der Waals surface area (Å²) >= 11 is 3.17. The van der Waals surface area contributed by atoms with Gasteiger partial charge in [-0.2, -0.15) is 5.10 Å². The summed E-state index contributed by atoms with van der Waals surface area (Å²) in [5, 5.41) is 36.2. The van der Waals surface area contributed by atoms with Crippen molar-refractivity contribution in [2.24, 2.45) is 33.0 Å². The summed E-state index contributed by atoms with van der Waals surface area (Å²) < 4.78 is 10.5. The van der Waals surface area contributed by atoms with Crippen molar-refractivity contribution < 1.29 is 29.0 Å². The number of pyridine rings is 1. The Balaban J connectivity index is 0.639. The molecule has 1 spiro atoms. The van der Waals surface area contributed by atoms with Crippen LogP contribution in [0.15, 0.2) is 72.4 Å². The minimum Gasteiger partial charge on any atom is -0.391 e. The fourth-order valence-electron chi connectivity index (χ4n) is 19.8. The lowest BCUT2D eigenvalue weighted by Crippen LogP contribution is -2.64. The average Bonchev–Trinajstić information content (AvgIpc) is 0.968. The number of aryl methyl sites for hydroxylation is 1. The first-order valence-electron chi connectivity index (χ1n) is 35.4. The zero-order valence-electron chi connectivity index (χ0n) is 57.8. The van der Waals surface area contributed by atoms with Crippen LogP contribution in [0.1, 0.15) is 170 Å². The van der Waals surface area contributed by atoms with Crippen LogP contribution >= 0.6 is 22.7 Å². The number of ether oxygens (including phenoxy) is 1. The quantitative estimate of drug-likeness (QED) is 0.0590. The van der Waals surface area contributed by atoms with E-state index in [4.69, 9.17) is 30.0 Å². The number of aliphatic hydroxyl groups excluding tert-OH is 1. The van der Waals surface area contributed by atoms with Gasteiger partial charge in [-0.3, -0.25) is 23.9 Å². The maximum Gasteiger partial charge on any atom is 0.273 e. The van der Waals surface area contributed by atoms with Crippen LogP contribution < -0.4 is 20.9 Å². The molecule has 3 saturated heterocycles. The summed E-state index contributed by atoms with van der Waals surface area (Å²) in [5.41, 5.74) is 10.3. The smallest absolute Gasteiger partial charge is 0.273 e. The fraction of sp³-hybridized carbons (Fsp3) is 0.573. The van der Waals surface area contributed by atoms with Gasteiger partial charge in [0.15, 0.2) is 16.8 Å². The van der Waals surface area contributed by atoms with E-state index in [1.165, 1.54) is 37.3 Å². The maximum absolute atomic E-state index is 15.5. The lowest BCUT2D eigenvalue weighted by molar-refractivity contribution is -0.248. The molecule has 4 amide bonds. The number of aliphatic hydroxyl groups is 1. The summed E-state index contributed by atoms with van der Waals surface area (Å²) in [5.74, 6) is 0.970. The molecule has 512 valence electrons. The Labute approximate surface area is 577 Å². The second-order valence-corrected chi connectivity index (χ2v) is 34.4. The van der Waals surface area contributed by atoms with Crippen LogP contribution in [0.3, 0.4) is 0 Å². The van der Waals surface area contributed by atoms with E-state index in [2.05, 4.69) is 75.2 Å². The van der Waals surface area contributed by atoms with E-state index in [0.717, 1.165) is 148 Å². The summed E-state index contributed by atoms with van der Waals surface area (Å²) in [6, 6.07) is 18.0. The van der Waals surface area contributed by atoms with E-state index in [-0.39, 0.29) is 76.3 Å². The molecule has 4 aliphatic heterocycles. The topological polar surface area (TPSA) is 229 Å². The molecule has 4 bridgehead atoms. The van der Waals surface area contributed by atoms with Crippen LogP contribution in [0.25, 0.3) is 31.8 Å². The number of hydrogen-bond acceptors (Lipinski definition) is 17. The van der Waals surface area contributed by atoms with Crippen molar-refractivity contribution >= 4 is 79.1 Å². The average molecular weight is 1350 g/mol. The molecule has 4 N–H and O–H groups in total. The molecule has 97 heavy (non-hydrogen) atoms. The SMILES string of the molecule is Cc1ncsc1-c1ccc([C@H](C)NC(=O)[C@@H]2C[C@@H](O)CN2C(=O)[C@@H](NC(=O)CC2CC3(C2)CN(C(=O)c2nc(N4CCCc5c4nnc(Nc4nc6ccccc6s4)c5C)ccc2-c2cnn(CC45CC6(OCCN7CCCC7)C[C@](C)(C4)C[C@](C)(C5)C6)c2C)C3)C(C)(C)C)cc1. The molecule has 5 aliphatic carbocycles. The molecule has 8 fully saturated rings. The van der Waals surface area contributed by atoms with Crippen molar-refractivity contribution in [1.29, 1.82) is 0 Å². The van der Waals surface area contributed by atoms with Crippen LogP contribution in [0.2, 0.25) is 0 Å². The Bertz CT molecular complexity index is 4140. The van der Waals surface area contributed by atoms with Crippen LogP contribution in [0.5, 0.6) is 0 Å². The number of hydrogen-bond donors (Lipinski definition) is 4. The molecule has 5 saturated carbocycles. The van der Waals surface area contributed by atoms with E-state index < -0.39 is 29.5 Å². The van der Waals surface area contributed by atoms with E-state index in [1.54, 1.807) is 22.7 Å². The van der Waals surface area contributed by atoms with E-state index in [9.17, 15) is 19.5 Å². The molecule has 2 unspecified atom stereocenters. The standard InChI is InChI=1S/C75H94N14O6S2/c1-45-53-15-14-26-87(65(53)84-83-64(45)82-69-79-56-16-10-11-17-58(56)97-69)59-23-22-54(55-33-77-89(48(55)4)43-74-36-71(8)35-72(9,37-74)39-75(38-71,40-74)95-28-27-85-24-12-13-25-85)61(80-59)67(93)86-41-73(42-86)31-49(32-73)29-60(91)81-63(70(5,6)7)68(94)88-34-52(90)30-57(88)66(92)78-46(2)50-18-20-51(21-19-50)62-47(3)76-44-96-62/h10-11,16-23,33,44,46,49,52,57,63,90H,12-15,24-32,34-43H2,1-9H3,(H,78,92)(H,81,91)(H,79,82,83)/t46-,52+,57-,63+,71-,72+,74?,75?/m0/s1. The van der Waals surface area contributed by atoms with Gasteiger partial charge in [0.1, 0.15) is 23.6 Å². The number of nitrogens with zero attached hydrogens (tertiary/aromatic N) is 11. The Morgan fingerprint density at radius 1 is 0.845 bits per heavy atom. The van der Waals surface area contributed by atoms with Crippen molar-refractivity contribution in [2.75, 3.05) is 62.6 Å². The molecule has 2 aromatic carbocycles. The first-order chi connectivity index (χ1) is 46.3. The Morgan fingerprint density at radius 2 is 1.60 bits per heavy atom. The zero-order valence-corrected chi connectivity index (χ0v) is 59.4. The number of rotatable bonds is 19. The van der Waals surface area contributed by atoms with Crippen LogP contribution in [-0.4, -0.2) is 155 Å². The lowest BCUT2D eigenvalue weighted by Gasteiger charge is -2.69. The molecule has 22 heteroatoms. The van der Waals surface area contributed by atoms with E-state index in [1.807, 2.05) is 99.8 Å². The van der Waals surface area contributed by atoms with Gasteiger partial charge in [-0.05, 0) is 181 Å². The van der Waals surface area contributed by atoms with Gasteiger partial charge >= 0.3 is 0 Å². The van der Waals surface area contributed by atoms with Crippen molar-refractivity contribution in [3.8, 4) is 21.6 Å². The molecule has 7 aromatic rings. The highest BCUT2D eigenvalue weighted by Crippen LogP contribution is 2.72. The third kappa shape index (κ3) is 12.7. The molecule has 20 nitrogen and oxygen atoms in total. The summed E-state index contributed by atoms with van der Waals surface area (Å²) in [4.78, 5) is 82.1. The van der Waals surface area contributed by atoms with Gasteiger partial charge in [0.25, 0.3) is 5.91 Å². The van der Waals surface area contributed by atoms with Crippen LogP contribution in [0.4, 0.5) is 22.6 Å². The number of nitrogens with one attached hydrogen (secondary N) is 3. The Kier molecular flexibility index (Phi) is 16.8. The summed E-state index contributed by atoms with van der Waals surface area (Å²) in [6.45, 7) is 25.5. The van der Waals surface area contributed by atoms with Gasteiger partial charge in [-0.15, -0.1) is 21.5 Å². The number of likely N-dealkylation sites (tertiary alicyclic amines) is 3. The Hall–Kier alpha value is -7.24. The number of β-amino-alcohol motifs (C(OH)–C–C–N with tert-alkyl or cyclic N) is 1. The van der Waals surface area contributed by atoms with Crippen LogP contribution in [0, 0.1) is 53.8 Å². The number of thiazole rings is 2. The number of anilines is 4. The number of benzene rings is 2. The number of carbonyl (C=O) groups excluding carboxylic acids is 4. The largest absolute Gasteiger partial charge is 0.391 e. The van der Waals surface area contributed by atoms with Gasteiger partial charge in [-0.1, -0.05) is 82.4 Å². The van der Waals surface area contributed by atoms with Crippen molar-refractivity contribution in [2.45, 2.75) is 189 Å². The third-order valence-corrected chi connectivity index (χ3v) is 25.1. The van der Waals surface area contributed by atoms with Gasteiger partial charge in [0.05, 0.1) is 56.8 Å². The molecule has 9 aliphatic rings. The van der Waals surface area contributed by atoms with E-state index in [0.29, 0.717) is 37.0 Å². The van der Waals surface area contributed by atoms with Gasteiger partial charge < -0.3 is 45.4 Å². The highest BCUT2D eigenvalue weighted by molar-refractivity contribution is 7.22. The second kappa shape index (κ2) is 24.9. The summed E-state index contributed by atoms with van der Waals surface area (Å²) in [7, 11) is 0. The number of para-hydroxylation sites is 1. The predicted octanol–water partition coefficient (Wildman–Crippen LogP) is 12.1. The third-order valence-electron chi connectivity index (χ3n) is 23.1. The number of carbonyl (C=O) groups is 4. The highest BCUT2D eigenvalue weighted by Gasteiger charge is 2.66. The number of amides is 4. The minimum absolute atomic E-state index is 0.0103. The maximum atomic E-state index is 15.5. The van der Waals surface area contributed by atoms with Crippen molar-refractivity contribution in [1.82, 2.24) is 60.3 Å². The minimum atomic E-state index is -0.941. The monoisotopic (exact) mass is 1350 g/mol. The molecular weight excluding hydrogens is 1260 g/mol. The zero-order chi connectivity index (χ0) is 67.6. The second-order valence-electron chi connectivity index (χ2n) is 32.5. The van der Waals surface area contributed by atoms with Crippen molar-refractivity contribution in [3.63, 3.8) is 0 Å². The van der Waals surface area contributed by atoms with Crippen LogP contribution in [-0.2, 0) is 32.1 Å². The lowest BCUT2D eigenvalue weighted by atomic mass is 9.39. The first-order valence-corrected chi connectivity index (χ1v) is 37.1. The van der Waals surface area contributed by atoms with Gasteiger partial charge in [0, 0.05) is 85.5 Å². The normalized spacial score (nSPS) is 26.5. The molecule has 5 aromatic heterocycles. The molecule has 8 atom stereocenters. The molecule has 16 rings (SSSR count). The number of fused-ring (bicyclic) bond motifs is 2. The summed E-state index contributed by atoms with van der Waals surface area (Å²) in [6.07, 6.45) is 14.0. The van der Waals surface area contributed by atoms with Gasteiger partial charge in [-0.25, -0.2) is 15.0 Å². The van der Waals surface area contributed by atoms with Gasteiger partial charge in [0.2, 0.25) is 17.7 Å². The first kappa shape index (κ1) is 65.7. The fourth-order valence-corrected chi connectivity index (χ4v) is 21.5. The predicted molar refractivity (Wildman–Crippen MR) is 378 cm³/mol. The highest BCUT2D eigenvalue weighted by atomic mass is 32.1. The van der Waals surface area contributed by atoms with Crippen molar-refractivity contribution in [3.05, 3.63) is 106 Å². The molecular formula is C75H94N14O6S2. The molecule has 0 radical (unpaired) electrons. The Morgan fingerprint density at radius 3 is 2.32 bits per heavy atom. The number of aromatic nitrogens is 7. The van der Waals surface area contributed by atoms with E-state index >= 15 is 4.79 Å².